The van der Waals surface area contributed by atoms with E-state index in [2.05, 4.69) is 38.5 Å². The molecule has 0 aliphatic carbocycles. The second-order valence-corrected chi connectivity index (χ2v) is 8.23. The van der Waals surface area contributed by atoms with Crippen LogP contribution in [-0.4, -0.2) is 30.8 Å². The van der Waals surface area contributed by atoms with E-state index < -0.39 is 11.7 Å². The fourth-order valence-corrected chi connectivity index (χ4v) is 4.23. The number of rotatable bonds is 3. The lowest BCUT2D eigenvalue weighted by Crippen LogP contribution is -2.31. The average molecular weight is 437 g/mol. The number of hydrogen-bond acceptors (Lipinski definition) is 4. The van der Waals surface area contributed by atoms with E-state index in [9.17, 15) is 13.2 Å². The molecule has 0 spiro atoms. The Balaban J connectivity index is 1.35. The maximum Gasteiger partial charge on any atom is 0.416 e. The van der Waals surface area contributed by atoms with Gasteiger partial charge in [0.25, 0.3) is 0 Å². The largest absolute Gasteiger partial charge is 0.416 e. The standard InChI is InChI=1S/C24H22F3N5/c1-15-4-3-10-32-21(16(2)29-23(15)32)14-31-11-9-20-18(13-31)12-28-22(30-20)17-5-7-19(8-6-17)24(25,26)27/h3-8,10,12H,9,11,13-14H2,1-2H3. The van der Waals surface area contributed by atoms with Crippen molar-refractivity contribution in [3.63, 3.8) is 0 Å². The minimum Gasteiger partial charge on any atom is -0.302 e. The van der Waals surface area contributed by atoms with Crippen LogP contribution in [0.5, 0.6) is 0 Å². The molecule has 5 rings (SSSR count). The van der Waals surface area contributed by atoms with Crippen LogP contribution in [0, 0.1) is 13.8 Å². The number of nitrogens with zero attached hydrogens (tertiary/aromatic N) is 5. The predicted molar refractivity (Wildman–Crippen MR) is 115 cm³/mol. The van der Waals surface area contributed by atoms with Gasteiger partial charge in [-0.05, 0) is 37.6 Å². The molecule has 0 N–H and O–H groups in total. The van der Waals surface area contributed by atoms with Gasteiger partial charge in [-0.1, -0.05) is 18.2 Å². The van der Waals surface area contributed by atoms with E-state index in [1.807, 2.05) is 13.0 Å². The molecule has 0 bridgehead atoms. The van der Waals surface area contributed by atoms with Crippen LogP contribution in [0.3, 0.4) is 0 Å². The molecule has 4 aromatic rings. The maximum atomic E-state index is 12.8. The summed E-state index contributed by atoms with van der Waals surface area (Å²) in [4.78, 5) is 16.2. The van der Waals surface area contributed by atoms with Crippen molar-refractivity contribution in [2.45, 2.75) is 39.5 Å². The highest BCUT2D eigenvalue weighted by Gasteiger charge is 2.30. The number of hydrogen-bond donors (Lipinski definition) is 0. The Labute approximate surface area is 183 Å². The van der Waals surface area contributed by atoms with Crippen molar-refractivity contribution in [2.24, 2.45) is 0 Å². The Bertz CT molecular complexity index is 1290. The van der Waals surface area contributed by atoms with Gasteiger partial charge in [-0.3, -0.25) is 4.90 Å². The Morgan fingerprint density at radius 1 is 1.03 bits per heavy atom. The number of aromatic nitrogens is 4. The van der Waals surface area contributed by atoms with Gasteiger partial charge in [0.1, 0.15) is 5.65 Å². The maximum absolute atomic E-state index is 12.8. The Kier molecular flexibility index (Phi) is 4.97. The van der Waals surface area contributed by atoms with Gasteiger partial charge in [-0.25, -0.2) is 15.0 Å². The monoisotopic (exact) mass is 437 g/mol. The van der Waals surface area contributed by atoms with Crippen LogP contribution in [0.4, 0.5) is 13.2 Å². The van der Waals surface area contributed by atoms with Gasteiger partial charge in [-0.15, -0.1) is 0 Å². The van der Waals surface area contributed by atoms with Gasteiger partial charge in [0.2, 0.25) is 0 Å². The summed E-state index contributed by atoms with van der Waals surface area (Å²) in [5.41, 5.74) is 6.25. The van der Waals surface area contributed by atoms with E-state index >= 15 is 0 Å². The van der Waals surface area contributed by atoms with Crippen molar-refractivity contribution in [3.05, 3.63) is 82.6 Å². The lowest BCUT2D eigenvalue weighted by molar-refractivity contribution is -0.137. The van der Waals surface area contributed by atoms with E-state index in [1.165, 1.54) is 17.8 Å². The van der Waals surface area contributed by atoms with Gasteiger partial charge in [0.15, 0.2) is 5.82 Å². The molecule has 8 heteroatoms. The van der Waals surface area contributed by atoms with E-state index in [0.717, 1.165) is 66.3 Å². The van der Waals surface area contributed by atoms with Crippen LogP contribution in [0.15, 0.2) is 48.8 Å². The second kappa shape index (κ2) is 7.70. The number of aryl methyl sites for hydroxylation is 2. The number of alkyl halides is 3. The normalized spacial score (nSPS) is 14.7. The molecule has 0 unspecified atom stereocenters. The van der Waals surface area contributed by atoms with Gasteiger partial charge in [0, 0.05) is 49.6 Å². The molecule has 0 saturated carbocycles. The third-order valence-corrected chi connectivity index (χ3v) is 6.00. The highest BCUT2D eigenvalue weighted by Crippen LogP contribution is 2.31. The molecule has 32 heavy (non-hydrogen) atoms. The lowest BCUT2D eigenvalue weighted by atomic mass is 10.1. The smallest absolute Gasteiger partial charge is 0.302 e. The Morgan fingerprint density at radius 3 is 2.56 bits per heavy atom. The molecule has 0 saturated heterocycles. The summed E-state index contributed by atoms with van der Waals surface area (Å²) in [7, 11) is 0. The van der Waals surface area contributed by atoms with Gasteiger partial charge in [-0.2, -0.15) is 13.2 Å². The molecule has 1 aliphatic rings. The summed E-state index contributed by atoms with van der Waals surface area (Å²) in [5, 5.41) is 0. The van der Waals surface area contributed by atoms with Gasteiger partial charge < -0.3 is 4.40 Å². The van der Waals surface area contributed by atoms with Crippen LogP contribution in [0.2, 0.25) is 0 Å². The molecule has 3 aromatic heterocycles. The first-order chi connectivity index (χ1) is 15.3. The van der Waals surface area contributed by atoms with Gasteiger partial charge in [0.05, 0.1) is 22.6 Å². The van der Waals surface area contributed by atoms with Crippen molar-refractivity contribution in [1.82, 2.24) is 24.3 Å². The van der Waals surface area contributed by atoms with Crippen molar-refractivity contribution in [3.8, 4) is 11.4 Å². The van der Waals surface area contributed by atoms with Crippen LogP contribution in [0.1, 0.15) is 33.8 Å². The molecule has 164 valence electrons. The zero-order chi connectivity index (χ0) is 22.5. The van der Waals surface area contributed by atoms with Crippen molar-refractivity contribution in [2.75, 3.05) is 6.54 Å². The van der Waals surface area contributed by atoms with E-state index in [4.69, 9.17) is 4.98 Å². The van der Waals surface area contributed by atoms with E-state index in [1.54, 1.807) is 6.20 Å². The zero-order valence-electron chi connectivity index (χ0n) is 17.8. The second-order valence-electron chi connectivity index (χ2n) is 8.23. The summed E-state index contributed by atoms with van der Waals surface area (Å²) in [5.74, 6) is 0.457. The summed E-state index contributed by atoms with van der Waals surface area (Å²) >= 11 is 0. The van der Waals surface area contributed by atoms with Crippen molar-refractivity contribution < 1.29 is 13.2 Å². The van der Waals surface area contributed by atoms with E-state index in [0.29, 0.717) is 11.4 Å². The molecular weight excluding hydrogens is 415 g/mol. The van der Waals surface area contributed by atoms with Crippen LogP contribution in [-0.2, 0) is 25.7 Å². The fourth-order valence-electron chi connectivity index (χ4n) is 4.23. The number of pyridine rings is 1. The topological polar surface area (TPSA) is 46.3 Å². The number of imidazole rings is 1. The summed E-state index contributed by atoms with van der Waals surface area (Å²) in [6, 6.07) is 9.09. The van der Waals surface area contributed by atoms with Crippen LogP contribution >= 0.6 is 0 Å². The van der Waals surface area contributed by atoms with Crippen molar-refractivity contribution in [1.29, 1.82) is 0 Å². The minimum absolute atomic E-state index is 0.457. The molecule has 0 amide bonds. The molecule has 5 nitrogen and oxygen atoms in total. The highest BCUT2D eigenvalue weighted by molar-refractivity contribution is 5.56. The molecule has 4 heterocycles. The van der Waals surface area contributed by atoms with Crippen LogP contribution in [0.25, 0.3) is 17.0 Å². The molecule has 0 fully saturated rings. The molecule has 1 aliphatic heterocycles. The Hall–Kier alpha value is -3.26. The summed E-state index contributed by atoms with van der Waals surface area (Å²) in [6.45, 7) is 6.44. The third kappa shape index (κ3) is 3.75. The van der Waals surface area contributed by atoms with Crippen molar-refractivity contribution >= 4 is 5.65 Å². The molecule has 0 atom stereocenters. The number of benzene rings is 1. The molecular formula is C24H22F3N5. The first kappa shape index (κ1) is 20.6. The third-order valence-electron chi connectivity index (χ3n) is 6.00. The first-order valence-electron chi connectivity index (χ1n) is 10.5. The summed E-state index contributed by atoms with van der Waals surface area (Å²) in [6.07, 6.45) is 0.263. The quantitative estimate of drug-likeness (QED) is 0.453. The fraction of sp³-hybridized carbons (Fsp3) is 0.292. The number of fused-ring (bicyclic) bond motifs is 2. The zero-order valence-corrected chi connectivity index (χ0v) is 17.8. The highest BCUT2D eigenvalue weighted by atomic mass is 19.4. The molecule has 0 radical (unpaired) electrons. The first-order valence-corrected chi connectivity index (χ1v) is 10.5. The van der Waals surface area contributed by atoms with Gasteiger partial charge >= 0.3 is 6.18 Å². The average Bonchev–Trinajstić information content (AvgIpc) is 3.09. The predicted octanol–water partition coefficient (Wildman–Crippen LogP) is 4.99. The van der Waals surface area contributed by atoms with Crippen LogP contribution < -0.4 is 0 Å². The number of halogens is 3. The molecule has 1 aromatic carbocycles. The summed E-state index contributed by atoms with van der Waals surface area (Å²) < 4.78 is 40.6. The van der Waals surface area contributed by atoms with E-state index in [-0.39, 0.29) is 0 Å². The lowest BCUT2D eigenvalue weighted by Gasteiger charge is -2.28. The SMILES string of the molecule is Cc1nc2c(C)cccn2c1CN1CCc2nc(-c3ccc(C(F)(F)F)cc3)ncc2C1. The minimum atomic E-state index is -4.35. The Morgan fingerprint density at radius 2 is 1.81 bits per heavy atom.